The summed E-state index contributed by atoms with van der Waals surface area (Å²) in [7, 11) is 0. The predicted molar refractivity (Wildman–Crippen MR) is 87.6 cm³/mol. The maximum atomic E-state index is 12.3. The van der Waals surface area contributed by atoms with E-state index in [2.05, 4.69) is 26.3 Å². The number of rotatable bonds is 4. The summed E-state index contributed by atoms with van der Waals surface area (Å²) in [5.41, 5.74) is 3.08. The number of amides is 1. The lowest BCUT2D eigenvalue weighted by molar-refractivity contribution is -0.126. The highest BCUT2D eigenvalue weighted by Gasteiger charge is 2.22. The summed E-state index contributed by atoms with van der Waals surface area (Å²) in [6.07, 6.45) is 3.69. The minimum absolute atomic E-state index is 0.0431. The fourth-order valence-electron chi connectivity index (χ4n) is 3.10. The molecule has 1 aromatic heterocycles. The number of nitrogens with zero attached hydrogens (tertiary/aromatic N) is 2. The van der Waals surface area contributed by atoms with Gasteiger partial charge < -0.3 is 10.3 Å². The predicted octanol–water partition coefficient (Wildman–Crippen LogP) is 2.36. The van der Waals surface area contributed by atoms with Crippen LogP contribution in [0, 0.1) is 6.92 Å². The number of nitrogens with one attached hydrogen (secondary N) is 2. The number of likely N-dealkylation sites (tertiary alicyclic amines) is 1. The standard InChI is InChI=1S/C17H24N4O/c1-12(21-8-4-3-5-9-21)17(22)18-11-14-6-7-15-16(10-14)20-13(2)19-15/h6-7,10,12H,3-5,8-9,11H2,1-2H3,(H,18,22)(H,19,20). The zero-order valence-corrected chi connectivity index (χ0v) is 13.4. The minimum atomic E-state index is -0.0431. The number of aromatic nitrogens is 2. The van der Waals surface area contributed by atoms with Crippen LogP contribution in [0.2, 0.25) is 0 Å². The number of aryl methyl sites for hydroxylation is 1. The van der Waals surface area contributed by atoms with E-state index in [1.807, 2.05) is 26.0 Å². The lowest BCUT2D eigenvalue weighted by atomic mass is 10.1. The number of carbonyl (C=O) groups excluding carboxylic acids is 1. The van der Waals surface area contributed by atoms with Gasteiger partial charge in [-0.15, -0.1) is 0 Å². The van der Waals surface area contributed by atoms with E-state index in [1.54, 1.807) is 0 Å². The molecule has 1 fully saturated rings. The fraction of sp³-hybridized carbons (Fsp3) is 0.529. The Morgan fingerprint density at radius 1 is 1.36 bits per heavy atom. The molecule has 1 unspecified atom stereocenters. The van der Waals surface area contributed by atoms with Crippen LogP contribution in [0.1, 0.15) is 37.6 Å². The molecule has 1 saturated heterocycles. The van der Waals surface area contributed by atoms with Crippen molar-refractivity contribution >= 4 is 16.9 Å². The highest BCUT2D eigenvalue weighted by Crippen LogP contribution is 2.14. The maximum Gasteiger partial charge on any atom is 0.237 e. The van der Waals surface area contributed by atoms with Gasteiger partial charge in [0.2, 0.25) is 5.91 Å². The second-order valence-corrected chi connectivity index (χ2v) is 6.16. The molecule has 1 atom stereocenters. The average molecular weight is 300 g/mol. The zero-order chi connectivity index (χ0) is 15.5. The lowest BCUT2D eigenvalue weighted by Crippen LogP contribution is -2.46. The van der Waals surface area contributed by atoms with Crippen molar-refractivity contribution < 1.29 is 4.79 Å². The van der Waals surface area contributed by atoms with Crippen molar-refractivity contribution in [3.05, 3.63) is 29.6 Å². The SMILES string of the molecule is Cc1nc2ccc(CNC(=O)C(C)N3CCCCC3)cc2[nH]1. The van der Waals surface area contributed by atoms with Crippen LogP contribution in [-0.4, -0.2) is 39.9 Å². The maximum absolute atomic E-state index is 12.3. The van der Waals surface area contributed by atoms with Gasteiger partial charge in [0.05, 0.1) is 17.1 Å². The summed E-state index contributed by atoms with van der Waals surface area (Å²) in [4.78, 5) is 22.2. The summed E-state index contributed by atoms with van der Waals surface area (Å²) < 4.78 is 0. The molecule has 3 rings (SSSR count). The monoisotopic (exact) mass is 300 g/mol. The van der Waals surface area contributed by atoms with Crippen LogP contribution in [0.5, 0.6) is 0 Å². The van der Waals surface area contributed by atoms with Gasteiger partial charge in [0.1, 0.15) is 5.82 Å². The smallest absolute Gasteiger partial charge is 0.237 e. The first-order valence-electron chi connectivity index (χ1n) is 8.10. The summed E-state index contributed by atoms with van der Waals surface area (Å²) in [5, 5.41) is 3.05. The molecule has 0 bridgehead atoms. The van der Waals surface area contributed by atoms with Gasteiger partial charge in [-0.2, -0.15) is 0 Å². The molecular formula is C17H24N4O. The quantitative estimate of drug-likeness (QED) is 0.911. The summed E-state index contributed by atoms with van der Waals surface area (Å²) in [6, 6.07) is 6.03. The van der Waals surface area contributed by atoms with Gasteiger partial charge in [-0.25, -0.2) is 4.98 Å². The highest BCUT2D eigenvalue weighted by atomic mass is 16.2. The van der Waals surface area contributed by atoms with Gasteiger partial charge in [0.25, 0.3) is 0 Å². The summed E-state index contributed by atoms with van der Waals surface area (Å²) in [5.74, 6) is 1.03. The molecule has 0 radical (unpaired) electrons. The van der Waals surface area contributed by atoms with E-state index in [9.17, 15) is 4.79 Å². The van der Waals surface area contributed by atoms with Gasteiger partial charge in [-0.3, -0.25) is 9.69 Å². The molecule has 2 N–H and O–H groups in total. The van der Waals surface area contributed by atoms with Crippen LogP contribution in [-0.2, 0) is 11.3 Å². The Bertz CT molecular complexity index is 658. The molecule has 118 valence electrons. The van der Waals surface area contributed by atoms with Crippen LogP contribution in [0.4, 0.5) is 0 Å². The number of carbonyl (C=O) groups is 1. The van der Waals surface area contributed by atoms with Crippen molar-refractivity contribution in [3.63, 3.8) is 0 Å². The second kappa shape index (κ2) is 6.48. The van der Waals surface area contributed by atoms with Gasteiger partial charge in [0, 0.05) is 6.54 Å². The van der Waals surface area contributed by atoms with E-state index in [0.717, 1.165) is 35.5 Å². The number of fused-ring (bicyclic) bond motifs is 1. The van der Waals surface area contributed by atoms with Crippen molar-refractivity contribution in [2.24, 2.45) is 0 Å². The molecule has 1 amide bonds. The number of hydrogen-bond acceptors (Lipinski definition) is 3. The van der Waals surface area contributed by atoms with E-state index < -0.39 is 0 Å². The third-order valence-corrected chi connectivity index (χ3v) is 4.45. The molecular weight excluding hydrogens is 276 g/mol. The van der Waals surface area contributed by atoms with Crippen LogP contribution < -0.4 is 5.32 Å². The molecule has 5 heteroatoms. The Labute approximate surface area is 131 Å². The molecule has 2 heterocycles. The molecule has 1 aliphatic rings. The normalized spacial score (nSPS) is 17.5. The van der Waals surface area contributed by atoms with Crippen molar-refractivity contribution in [2.75, 3.05) is 13.1 Å². The first kappa shape index (κ1) is 15.0. The lowest BCUT2D eigenvalue weighted by Gasteiger charge is -2.31. The van der Waals surface area contributed by atoms with Crippen LogP contribution in [0.25, 0.3) is 11.0 Å². The average Bonchev–Trinajstić information content (AvgIpc) is 2.92. The Balaban J connectivity index is 1.59. The molecule has 2 aromatic rings. The number of benzene rings is 1. The Morgan fingerprint density at radius 3 is 2.91 bits per heavy atom. The third-order valence-electron chi connectivity index (χ3n) is 4.45. The van der Waals surface area contributed by atoms with Gasteiger partial charge >= 0.3 is 0 Å². The van der Waals surface area contributed by atoms with E-state index >= 15 is 0 Å². The molecule has 1 aromatic carbocycles. The van der Waals surface area contributed by atoms with E-state index in [0.29, 0.717) is 6.54 Å². The Kier molecular flexibility index (Phi) is 4.43. The molecule has 0 saturated carbocycles. The minimum Gasteiger partial charge on any atom is -0.351 e. The molecule has 0 aliphatic carbocycles. The Hall–Kier alpha value is -1.88. The Morgan fingerprint density at radius 2 is 2.14 bits per heavy atom. The summed E-state index contributed by atoms with van der Waals surface area (Å²) in [6.45, 7) is 6.58. The zero-order valence-electron chi connectivity index (χ0n) is 13.4. The van der Waals surface area contributed by atoms with Crippen molar-refractivity contribution in [1.82, 2.24) is 20.2 Å². The van der Waals surface area contributed by atoms with Crippen molar-refractivity contribution in [3.8, 4) is 0 Å². The van der Waals surface area contributed by atoms with Crippen LogP contribution in [0.3, 0.4) is 0 Å². The van der Waals surface area contributed by atoms with E-state index in [4.69, 9.17) is 0 Å². The fourth-order valence-corrected chi connectivity index (χ4v) is 3.10. The van der Waals surface area contributed by atoms with Crippen molar-refractivity contribution in [2.45, 2.75) is 45.7 Å². The van der Waals surface area contributed by atoms with E-state index in [-0.39, 0.29) is 11.9 Å². The van der Waals surface area contributed by atoms with Gasteiger partial charge in [-0.1, -0.05) is 12.5 Å². The van der Waals surface area contributed by atoms with Crippen molar-refractivity contribution in [1.29, 1.82) is 0 Å². The number of piperidine rings is 1. The second-order valence-electron chi connectivity index (χ2n) is 6.16. The van der Waals surface area contributed by atoms with Gasteiger partial charge in [0.15, 0.2) is 0 Å². The molecule has 5 nitrogen and oxygen atoms in total. The largest absolute Gasteiger partial charge is 0.351 e. The summed E-state index contributed by atoms with van der Waals surface area (Å²) >= 11 is 0. The molecule has 22 heavy (non-hydrogen) atoms. The first-order valence-corrected chi connectivity index (χ1v) is 8.10. The molecule has 0 spiro atoms. The van der Waals surface area contributed by atoms with Crippen LogP contribution in [0.15, 0.2) is 18.2 Å². The highest BCUT2D eigenvalue weighted by molar-refractivity contribution is 5.81. The van der Waals surface area contributed by atoms with Crippen LogP contribution >= 0.6 is 0 Å². The number of hydrogen-bond donors (Lipinski definition) is 2. The molecule has 1 aliphatic heterocycles. The first-order chi connectivity index (χ1) is 10.6. The van der Waals surface area contributed by atoms with Gasteiger partial charge in [-0.05, 0) is 57.5 Å². The number of H-pyrrole nitrogens is 1. The third kappa shape index (κ3) is 3.30. The number of aromatic amines is 1. The topological polar surface area (TPSA) is 61.0 Å². The van der Waals surface area contributed by atoms with E-state index in [1.165, 1.54) is 19.3 Å². The number of imidazole rings is 1.